The third-order valence-electron chi connectivity index (χ3n) is 3.93. The average molecular weight is 270 g/mol. The minimum atomic E-state index is -0.993. The van der Waals surface area contributed by atoms with Gasteiger partial charge in [-0.05, 0) is 43.7 Å². The van der Waals surface area contributed by atoms with Gasteiger partial charge in [0.05, 0.1) is 17.0 Å². The van der Waals surface area contributed by atoms with Gasteiger partial charge in [-0.15, -0.1) is 0 Å². The van der Waals surface area contributed by atoms with Crippen LogP contribution in [0.4, 0.5) is 20.2 Å². The summed E-state index contributed by atoms with van der Waals surface area (Å²) in [6.45, 7) is 2.33. The van der Waals surface area contributed by atoms with Crippen LogP contribution in [0.1, 0.15) is 32.6 Å². The van der Waals surface area contributed by atoms with E-state index in [0.29, 0.717) is 18.8 Å². The molecule has 3 nitrogen and oxygen atoms in total. The Labute approximate surface area is 111 Å². The summed E-state index contributed by atoms with van der Waals surface area (Å²) in [5.41, 5.74) is 4.84. The lowest BCUT2D eigenvalue weighted by molar-refractivity contribution is 0.00497. The molecule has 0 radical (unpaired) electrons. The zero-order valence-corrected chi connectivity index (χ0v) is 11.0. The maximum absolute atomic E-state index is 13.6. The maximum Gasteiger partial charge on any atom is 0.183 e. The first-order valence-electron chi connectivity index (χ1n) is 6.61. The minimum absolute atomic E-state index is 0.0629. The molecule has 106 valence electrons. The Morgan fingerprint density at radius 3 is 2.63 bits per heavy atom. The Balaban J connectivity index is 2.05. The van der Waals surface area contributed by atoms with Gasteiger partial charge in [0.25, 0.3) is 0 Å². The molecule has 1 fully saturated rings. The van der Waals surface area contributed by atoms with Gasteiger partial charge in [0.1, 0.15) is 0 Å². The van der Waals surface area contributed by atoms with E-state index >= 15 is 0 Å². The zero-order valence-electron chi connectivity index (χ0n) is 11.0. The molecule has 5 heteroatoms. The normalized spacial score (nSPS) is 27.3. The van der Waals surface area contributed by atoms with Crippen LogP contribution in [0.2, 0.25) is 0 Å². The molecule has 0 heterocycles. The molecule has 0 aliphatic heterocycles. The number of rotatable bonds is 3. The summed E-state index contributed by atoms with van der Waals surface area (Å²) in [7, 11) is 0. The SMILES string of the molecule is CC1CCC(O)(CNc2c(N)ccc(F)c2F)CC1. The zero-order chi connectivity index (χ0) is 14.0. The molecule has 1 aromatic carbocycles. The number of hydrogen-bond donors (Lipinski definition) is 3. The van der Waals surface area contributed by atoms with Crippen molar-refractivity contribution < 1.29 is 13.9 Å². The van der Waals surface area contributed by atoms with Gasteiger partial charge in [-0.1, -0.05) is 6.92 Å². The standard InChI is InChI=1S/C14H20F2N2O/c1-9-4-6-14(19,7-5-9)8-18-13-11(17)3-2-10(15)12(13)16/h2-3,9,18-19H,4-8,17H2,1H3. The second kappa shape index (κ2) is 5.33. The van der Waals surface area contributed by atoms with Crippen LogP contribution in [-0.4, -0.2) is 17.3 Å². The van der Waals surface area contributed by atoms with Gasteiger partial charge in [0.15, 0.2) is 11.6 Å². The number of aliphatic hydroxyl groups is 1. The summed E-state index contributed by atoms with van der Waals surface area (Å²) in [6, 6.07) is 2.31. The van der Waals surface area contributed by atoms with E-state index < -0.39 is 17.2 Å². The smallest absolute Gasteiger partial charge is 0.183 e. The molecule has 1 aromatic rings. The first-order chi connectivity index (χ1) is 8.91. The van der Waals surface area contributed by atoms with E-state index in [4.69, 9.17) is 5.73 Å². The van der Waals surface area contributed by atoms with Crippen LogP contribution in [0.3, 0.4) is 0 Å². The summed E-state index contributed by atoms with van der Waals surface area (Å²) < 4.78 is 26.7. The van der Waals surface area contributed by atoms with Crippen molar-refractivity contribution in [3.63, 3.8) is 0 Å². The minimum Gasteiger partial charge on any atom is -0.397 e. The van der Waals surface area contributed by atoms with Crippen LogP contribution >= 0.6 is 0 Å². The fraction of sp³-hybridized carbons (Fsp3) is 0.571. The van der Waals surface area contributed by atoms with Gasteiger partial charge in [0, 0.05) is 6.54 Å². The third kappa shape index (κ3) is 3.15. The number of halogens is 2. The van der Waals surface area contributed by atoms with Crippen molar-refractivity contribution in [2.45, 2.75) is 38.2 Å². The van der Waals surface area contributed by atoms with Gasteiger partial charge in [-0.3, -0.25) is 0 Å². The maximum atomic E-state index is 13.6. The molecule has 4 N–H and O–H groups in total. The van der Waals surface area contributed by atoms with Crippen LogP contribution in [0.25, 0.3) is 0 Å². The highest BCUT2D eigenvalue weighted by molar-refractivity contribution is 5.66. The Bertz CT molecular complexity index is 457. The van der Waals surface area contributed by atoms with Crippen molar-refractivity contribution in [3.8, 4) is 0 Å². The van der Waals surface area contributed by atoms with E-state index in [1.54, 1.807) is 0 Å². The molecule has 0 saturated heterocycles. The Hall–Kier alpha value is -1.36. The number of nitrogens with two attached hydrogens (primary N) is 1. The molecule has 0 atom stereocenters. The average Bonchev–Trinajstić information content (AvgIpc) is 2.38. The fourth-order valence-electron chi connectivity index (χ4n) is 2.47. The second-order valence-corrected chi connectivity index (χ2v) is 5.59. The topological polar surface area (TPSA) is 58.3 Å². The van der Waals surface area contributed by atoms with Crippen LogP contribution in [0.5, 0.6) is 0 Å². The molecule has 0 spiro atoms. The molecular formula is C14H20F2N2O. The molecule has 0 amide bonds. The first-order valence-corrected chi connectivity index (χ1v) is 6.61. The van der Waals surface area contributed by atoms with Gasteiger partial charge in [-0.25, -0.2) is 8.78 Å². The molecule has 0 bridgehead atoms. The Kier molecular flexibility index (Phi) is 3.94. The predicted octanol–water partition coefficient (Wildman–Crippen LogP) is 2.90. The quantitative estimate of drug-likeness (QED) is 0.740. The highest BCUT2D eigenvalue weighted by atomic mass is 19.2. The second-order valence-electron chi connectivity index (χ2n) is 5.59. The molecule has 0 aromatic heterocycles. The number of hydrogen-bond acceptors (Lipinski definition) is 3. The monoisotopic (exact) mass is 270 g/mol. The van der Waals surface area contributed by atoms with Crippen molar-refractivity contribution in [1.82, 2.24) is 0 Å². The summed E-state index contributed by atoms with van der Waals surface area (Å²) in [5, 5.41) is 13.1. The Morgan fingerprint density at radius 2 is 2.00 bits per heavy atom. The number of nitrogens with one attached hydrogen (secondary N) is 1. The lowest BCUT2D eigenvalue weighted by atomic mass is 9.79. The molecule has 0 unspecified atom stereocenters. The summed E-state index contributed by atoms with van der Waals surface area (Å²) in [5.74, 6) is -1.33. The molecule has 1 aliphatic carbocycles. The van der Waals surface area contributed by atoms with Gasteiger partial charge in [-0.2, -0.15) is 0 Å². The van der Waals surface area contributed by atoms with Crippen LogP contribution < -0.4 is 11.1 Å². The Morgan fingerprint density at radius 1 is 1.37 bits per heavy atom. The number of benzene rings is 1. The highest BCUT2D eigenvalue weighted by Gasteiger charge is 2.32. The van der Waals surface area contributed by atoms with Gasteiger partial charge in [0.2, 0.25) is 0 Å². The number of nitrogen functional groups attached to an aromatic ring is 1. The molecule has 1 saturated carbocycles. The first kappa shape index (κ1) is 14.1. The predicted molar refractivity (Wildman–Crippen MR) is 71.8 cm³/mol. The summed E-state index contributed by atoms with van der Waals surface area (Å²) in [4.78, 5) is 0. The van der Waals surface area contributed by atoms with Crippen molar-refractivity contribution in [3.05, 3.63) is 23.8 Å². The third-order valence-corrected chi connectivity index (χ3v) is 3.93. The highest BCUT2D eigenvalue weighted by Crippen LogP contribution is 2.33. The summed E-state index contributed by atoms with van der Waals surface area (Å²) >= 11 is 0. The number of anilines is 2. The van der Waals surface area contributed by atoms with Gasteiger partial charge < -0.3 is 16.2 Å². The lowest BCUT2D eigenvalue weighted by Crippen LogP contribution is -2.40. The molecule has 2 rings (SSSR count). The van der Waals surface area contributed by atoms with E-state index in [0.717, 1.165) is 18.9 Å². The lowest BCUT2D eigenvalue weighted by Gasteiger charge is -2.35. The van der Waals surface area contributed by atoms with Crippen molar-refractivity contribution in [1.29, 1.82) is 0 Å². The summed E-state index contributed by atoms with van der Waals surface area (Å²) in [6.07, 6.45) is 3.22. The van der Waals surface area contributed by atoms with Crippen LogP contribution in [0, 0.1) is 17.6 Å². The molecule has 19 heavy (non-hydrogen) atoms. The van der Waals surface area contributed by atoms with E-state index in [-0.39, 0.29) is 17.9 Å². The largest absolute Gasteiger partial charge is 0.397 e. The van der Waals surface area contributed by atoms with E-state index in [9.17, 15) is 13.9 Å². The van der Waals surface area contributed by atoms with E-state index in [1.165, 1.54) is 6.07 Å². The van der Waals surface area contributed by atoms with E-state index in [1.807, 2.05) is 0 Å². The molecule has 1 aliphatic rings. The van der Waals surface area contributed by atoms with Gasteiger partial charge >= 0.3 is 0 Å². The molecular weight excluding hydrogens is 250 g/mol. The van der Waals surface area contributed by atoms with E-state index in [2.05, 4.69) is 12.2 Å². The van der Waals surface area contributed by atoms with Crippen LogP contribution in [-0.2, 0) is 0 Å². The van der Waals surface area contributed by atoms with Crippen molar-refractivity contribution >= 4 is 11.4 Å². The van der Waals surface area contributed by atoms with Crippen molar-refractivity contribution in [2.24, 2.45) is 5.92 Å². The van der Waals surface area contributed by atoms with Crippen LogP contribution in [0.15, 0.2) is 12.1 Å². The fourth-order valence-corrected chi connectivity index (χ4v) is 2.47. The van der Waals surface area contributed by atoms with Crippen molar-refractivity contribution in [2.75, 3.05) is 17.6 Å².